The fourth-order valence-corrected chi connectivity index (χ4v) is 0.905. The molecule has 0 aromatic heterocycles. The molecule has 0 saturated carbocycles. The van der Waals surface area contributed by atoms with E-state index in [9.17, 15) is 4.21 Å². The van der Waals surface area contributed by atoms with Crippen LogP contribution < -0.4 is 0 Å². The third-order valence-electron chi connectivity index (χ3n) is 0.720. The normalized spacial score (nSPS) is 12.5. The van der Waals surface area contributed by atoms with Crippen molar-refractivity contribution in [2.24, 2.45) is 0 Å². The summed E-state index contributed by atoms with van der Waals surface area (Å²) in [6.07, 6.45) is 2.94. The number of hydrogen-bond acceptors (Lipinski definition) is 2. The van der Waals surface area contributed by atoms with Crippen LogP contribution in [-0.4, -0.2) is 16.2 Å². The zero-order valence-corrected chi connectivity index (χ0v) is 5.70. The highest BCUT2D eigenvalue weighted by molar-refractivity contribution is 7.84. The van der Waals surface area contributed by atoms with E-state index in [1.165, 1.54) is 0 Å². The Morgan fingerprint density at radius 2 is 2.38 bits per heavy atom. The van der Waals surface area contributed by atoms with Crippen molar-refractivity contribution >= 4 is 10.8 Å². The Morgan fingerprint density at radius 1 is 1.75 bits per heavy atom. The maximum atomic E-state index is 10.3. The van der Waals surface area contributed by atoms with Gasteiger partial charge in [-0.05, 0) is 6.42 Å². The lowest BCUT2D eigenvalue weighted by molar-refractivity contribution is 0.684. The molecule has 8 heavy (non-hydrogen) atoms. The quantitative estimate of drug-likeness (QED) is 0.528. The largest absolute Gasteiger partial charge is 0.260 e. The van der Waals surface area contributed by atoms with Crippen LogP contribution in [0.15, 0.2) is 0 Å². The molecule has 46 valence electrons. The monoisotopic (exact) mass is 131 g/mol. The van der Waals surface area contributed by atoms with E-state index in [1.807, 2.05) is 6.07 Å². The van der Waals surface area contributed by atoms with Crippen molar-refractivity contribution in [3.05, 3.63) is 0 Å². The molecule has 0 aliphatic heterocycles. The summed E-state index contributed by atoms with van der Waals surface area (Å²) < 4.78 is 10.3. The van der Waals surface area contributed by atoms with Crippen LogP contribution in [0.3, 0.4) is 0 Å². The van der Waals surface area contributed by atoms with Gasteiger partial charge in [0, 0.05) is 29.2 Å². The molecule has 0 rings (SSSR count). The van der Waals surface area contributed by atoms with Crippen molar-refractivity contribution in [1.82, 2.24) is 0 Å². The minimum absolute atomic E-state index is 0.527. The van der Waals surface area contributed by atoms with E-state index in [0.717, 1.165) is 6.42 Å². The maximum Gasteiger partial charge on any atom is 0.0622 e. The molecule has 0 aliphatic rings. The van der Waals surface area contributed by atoms with Crippen LogP contribution >= 0.6 is 0 Å². The fraction of sp³-hybridized carbons (Fsp3) is 0.800. The smallest absolute Gasteiger partial charge is 0.0622 e. The summed E-state index contributed by atoms with van der Waals surface area (Å²) in [7, 11) is -0.718. The Morgan fingerprint density at radius 3 is 2.75 bits per heavy atom. The first-order valence-electron chi connectivity index (χ1n) is 2.44. The van der Waals surface area contributed by atoms with Gasteiger partial charge in [0.1, 0.15) is 0 Å². The first kappa shape index (κ1) is 7.64. The van der Waals surface area contributed by atoms with Crippen molar-refractivity contribution in [3.63, 3.8) is 0 Å². The highest BCUT2D eigenvalue weighted by atomic mass is 32.2. The predicted molar refractivity (Wildman–Crippen MR) is 33.8 cm³/mol. The second-order valence-electron chi connectivity index (χ2n) is 1.54. The molecule has 0 radical (unpaired) electrons. The Bertz CT molecular complexity index is 116. The van der Waals surface area contributed by atoms with Gasteiger partial charge in [-0.15, -0.1) is 0 Å². The predicted octanol–water partition coefficient (Wildman–Crippen LogP) is 0.669. The summed E-state index contributed by atoms with van der Waals surface area (Å²) in [4.78, 5) is 0. The standard InChI is InChI=1S/C5H9NOS/c1-8(7)5-3-2-4-6/h2-3,5H2,1H3/t8-/m0/s1. The van der Waals surface area contributed by atoms with Crippen molar-refractivity contribution < 1.29 is 4.21 Å². The number of rotatable bonds is 3. The van der Waals surface area contributed by atoms with Crippen molar-refractivity contribution in [3.8, 4) is 6.07 Å². The third kappa shape index (κ3) is 5.64. The van der Waals surface area contributed by atoms with Crippen molar-refractivity contribution in [2.45, 2.75) is 12.8 Å². The van der Waals surface area contributed by atoms with Crippen LogP contribution in [0.5, 0.6) is 0 Å². The zero-order chi connectivity index (χ0) is 6.41. The van der Waals surface area contributed by atoms with E-state index in [1.54, 1.807) is 6.26 Å². The summed E-state index contributed by atoms with van der Waals surface area (Å²) in [6, 6.07) is 1.99. The van der Waals surface area contributed by atoms with Gasteiger partial charge in [-0.1, -0.05) is 0 Å². The first-order chi connectivity index (χ1) is 3.77. The molecule has 0 aromatic carbocycles. The van der Waals surface area contributed by atoms with Gasteiger partial charge in [0.05, 0.1) is 6.07 Å². The molecule has 1 atom stereocenters. The minimum Gasteiger partial charge on any atom is -0.260 e. The second kappa shape index (κ2) is 4.79. The Kier molecular flexibility index (Phi) is 4.58. The fourth-order valence-electron chi connectivity index (χ4n) is 0.354. The summed E-state index contributed by atoms with van der Waals surface area (Å²) in [5, 5.41) is 8.03. The highest BCUT2D eigenvalue weighted by Gasteiger charge is 1.87. The van der Waals surface area contributed by atoms with Gasteiger partial charge in [0.15, 0.2) is 0 Å². The zero-order valence-electron chi connectivity index (χ0n) is 4.89. The van der Waals surface area contributed by atoms with Gasteiger partial charge >= 0.3 is 0 Å². The molecule has 0 amide bonds. The van der Waals surface area contributed by atoms with Crippen LogP contribution in [0.1, 0.15) is 12.8 Å². The number of hydrogen-bond donors (Lipinski definition) is 0. The van der Waals surface area contributed by atoms with Gasteiger partial charge in [-0.3, -0.25) is 4.21 Å². The van der Waals surface area contributed by atoms with E-state index < -0.39 is 10.8 Å². The van der Waals surface area contributed by atoms with Crippen molar-refractivity contribution in [1.29, 1.82) is 5.26 Å². The molecule has 0 bridgehead atoms. The molecule has 0 unspecified atom stereocenters. The molecular formula is C5H9NOS. The lowest BCUT2D eigenvalue weighted by atomic mass is 10.4. The molecule has 0 aliphatic carbocycles. The van der Waals surface area contributed by atoms with Gasteiger partial charge in [-0.25, -0.2) is 0 Å². The van der Waals surface area contributed by atoms with Crippen LogP contribution in [0.4, 0.5) is 0 Å². The van der Waals surface area contributed by atoms with E-state index in [0.29, 0.717) is 12.2 Å². The first-order valence-corrected chi connectivity index (χ1v) is 4.17. The Hall–Kier alpha value is -0.360. The van der Waals surface area contributed by atoms with E-state index in [4.69, 9.17) is 5.26 Å². The topological polar surface area (TPSA) is 40.9 Å². The lowest BCUT2D eigenvalue weighted by Gasteiger charge is -1.86. The van der Waals surface area contributed by atoms with Crippen LogP contribution in [-0.2, 0) is 10.8 Å². The average molecular weight is 131 g/mol. The third-order valence-corrected chi connectivity index (χ3v) is 1.58. The second-order valence-corrected chi connectivity index (χ2v) is 3.09. The molecule has 3 heteroatoms. The van der Waals surface area contributed by atoms with E-state index >= 15 is 0 Å². The summed E-state index contributed by atoms with van der Waals surface area (Å²) in [5.41, 5.74) is 0. The molecule has 0 N–H and O–H groups in total. The summed E-state index contributed by atoms with van der Waals surface area (Å²) >= 11 is 0. The molecule has 0 heterocycles. The summed E-state index contributed by atoms with van der Waals surface area (Å²) in [6.45, 7) is 0. The van der Waals surface area contributed by atoms with Crippen LogP contribution in [0.2, 0.25) is 0 Å². The van der Waals surface area contributed by atoms with Gasteiger partial charge in [0.2, 0.25) is 0 Å². The number of unbranched alkanes of at least 4 members (excludes halogenated alkanes) is 1. The lowest BCUT2D eigenvalue weighted by Crippen LogP contribution is -1.91. The average Bonchev–Trinajstić information content (AvgIpc) is 1.66. The maximum absolute atomic E-state index is 10.3. The van der Waals surface area contributed by atoms with E-state index in [2.05, 4.69) is 0 Å². The van der Waals surface area contributed by atoms with Crippen molar-refractivity contribution in [2.75, 3.05) is 12.0 Å². The van der Waals surface area contributed by atoms with Gasteiger partial charge in [-0.2, -0.15) is 5.26 Å². The molecular weight excluding hydrogens is 122 g/mol. The minimum atomic E-state index is -0.718. The molecule has 0 aromatic rings. The molecule has 0 saturated heterocycles. The molecule has 0 spiro atoms. The summed E-state index contributed by atoms with van der Waals surface area (Å²) in [5.74, 6) is 0.660. The molecule has 0 fully saturated rings. The number of nitrogens with zero attached hydrogens (tertiary/aromatic N) is 1. The SMILES string of the molecule is C[S@](=O)CCCC#N. The Labute approximate surface area is 52.0 Å². The van der Waals surface area contributed by atoms with E-state index in [-0.39, 0.29) is 0 Å². The Balaban J connectivity index is 2.97. The highest BCUT2D eigenvalue weighted by Crippen LogP contribution is 1.87. The number of nitriles is 1. The van der Waals surface area contributed by atoms with Crippen LogP contribution in [0.25, 0.3) is 0 Å². The van der Waals surface area contributed by atoms with Crippen LogP contribution in [0, 0.1) is 11.3 Å². The van der Waals surface area contributed by atoms with Gasteiger partial charge < -0.3 is 0 Å². The van der Waals surface area contributed by atoms with Gasteiger partial charge in [0.25, 0.3) is 0 Å². The molecule has 2 nitrogen and oxygen atoms in total.